The van der Waals surface area contributed by atoms with Gasteiger partial charge in [0.1, 0.15) is 0 Å². The molecule has 2 heteroatoms. The van der Waals surface area contributed by atoms with Crippen LogP contribution in [0, 0.1) is 0 Å². The summed E-state index contributed by atoms with van der Waals surface area (Å²) in [5.41, 5.74) is 4.09. The SMILES string of the molecule is CC(=O)N1CC2CCCc3cccc1c32. The van der Waals surface area contributed by atoms with Crippen LogP contribution in [0.1, 0.15) is 36.8 Å². The van der Waals surface area contributed by atoms with Crippen LogP contribution in [0.25, 0.3) is 0 Å². The maximum Gasteiger partial charge on any atom is 0.223 e. The Bertz CT molecular complexity index is 425. The molecule has 1 unspecified atom stereocenters. The maximum absolute atomic E-state index is 11.5. The van der Waals surface area contributed by atoms with Crippen molar-refractivity contribution in [2.75, 3.05) is 11.4 Å². The van der Waals surface area contributed by atoms with Crippen LogP contribution in [0.2, 0.25) is 0 Å². The van der Waals surface area contributed by atoms with Gasteiger partial charge in [-0.2, -0.15) is 0 Å². The van der Waals surface area contributed by atoms with Gasteiger partial charge in [-0.1, -0.05) is 12.1 Å². The third-order valence-electron chi connectivity index (χ3n) is 3.65. The number of anilines is 1. The first-order valence-corrected chi connectivity index (χ1v) is 5.67. The summed E-state index contributed by atoms with van der Waals surface area (Å²) in [6.07, 6.45) is 3.70. The molecule has 78 valence electrons. The maximum atomic E-state index is 11.5. The van der Waals surface area contributed by atoms with Gasteiger partial charge in [-0.05, 0) is 36.5 Å². The van der Waals surface area contributed by atoms with Crippen molar-refractivity contribution < 1.29 is 4.79 Å². The molecule has 0 aromatic heterocycles. The molecule has 1 aromatic carbocycles. The van der Waals surface area contributed by atoms with Crippen LogP contribution in [-0.4, -0.2) is 12.5 Å². The van der Waals surface area contributed by atoms with Gasteiger partial charge in [0.2, 0.25) is 5.91 Å². The Balaban J connectivity index is 2.16. The molecule has 1 aliphatic heterocycles. The van der Waals surface area contributed by atoms with E-state index in [1.807, 2.05) is 4.90 Å². The van der Waals surface area contributed by atoms with Gasteiger partial charge in [0.25, 0.3) is 0 Å². The average Bonchev–Trinajstić information content (AvgIpc) is 2.61. The van der Waals surface area contributed by atoms with Gasteiger partial charge in [-0.3, -0.25) is 4.79 Å². The minimum absolute atomic E-state index is 0.179. The van der Waals surface area contributed by atoms with E-state index in [2.05, 4.69) is 18.2 Å². The van der Waals surface area contributed by atoms with Gasteiger partial charge in [0, 0.05) is 25.1 Å². The first kappa shape index (κ1) is 8.96. The lowest BCUT2D eigenvalue weighted by atomic mass is 9.84. The Morgan fingerprint density at radius 1 is 1.47 bits per heavy atom. The van der Waals surface area contributed by atoms with E-state index in [1.54, 1.807) is 6.92 Å². The largest absolute Gasteiger partial charge is 0.312 e. The molecule has 1 heterocycles. The summed E-state index contributed by atoms with van der Waals surface area (Å²) in [5.74, 6) is 0.784. The van der Waals surface area contributed by atoms with E-state index < -0.39 is 0 Å². The number of nitrogens with zero attached hydrogens (tertiary/aromatic N) is 1. The highest BCUT2D eigenvalue weighted by molar-refractivity contribution is 5.94. The van der Waals surface area contributed by atoms with Gasteiger partial charge in [0.05, 0.1) is 0 Å². The molecule has 0 N–H and O–H groups in total. The number of rotatable bonds is 0. The van der Waals surface area contributed by atoms with Crippen LogP contribution in [0.4, 0.5) is 5.69 Å². The van der Waals surface area contributed by atoms with Crippen molar-refractivity contribution >= 4 is 11.6 Å². The quantitative estimate of drug-likeness (QED) is 0.631. The van der Waals surface area contributed by atoms with Crippen LogP contribution in [0.3, 0.4) is 0 Å². The van der Waals surface area contributed by atoms with Crippen LogP contribution in [-0.2, 0) is 11.2 Å². The molecule has 1 atom stereocenters. The molecular formula is C13H15NO. The zero-order valence-corrected chi connectivity index (χ0v) is 8.99. The second-order valence-electron chi connectivity index (χ2n) is 4.57. The number of aryl methyl sites for hydroxylation is 1. The number of benzene rings is 1. The summed E-state index contributed by atoms with van der Waals surface area (Å²) >= 11 is 0. The summed E-state index contributed by atoms with van der Waals surface area (Å²) in [5, 5.41) is 0. The molecule has 0 saturated heterocycles. The number of amides is 1. The third kappa shape index (κ3) is 1.21. The van der Waals surface area contributed by atoms with E-state index in [9.17, 15) is 4.79 Å². The number of hydrogen-bond acceptors (Lipinski definition) is 1. The summed E-state index contributed by atoms with van der Waals surface area (Å²) in [4.78, 5) is 13.5. The number of hydrogen-bond donors (Lipinski definition) is 0. The summed E-state index contributed by atoms with van der Waals surface area (Å²) in [6.45, 7) is 2.57. The number of carbonyl (C=O) groups is 1. The van der Waals surface area contributed by atoms with Crippen LogP contribution in [0.5, 0.6) is 0 Å². The molecule has 0 saturated carbocycles. The Kier molecular flexibility index (Phi) is 1.84. The molecule has 3 rings (SSSR count). The van der Waals surface area contributed by atoms with E-state index in [1.165, 1.54) is 36.1 Å². The van der Waals surface area contributed by atoms with Crippen molar-refractivity contribution in [1.29, 1.82) is 0 Å². The average molecular weight is 201 g/mol. The third-order valence-corrected chi connectivity index (χ3v) is 3.65. The number of carbonyl (C=O) groups excluding carboxylic acids is 1. The van der Waals surface area contributed by atoms with Crippen molar-refractivity contribution in [3.8, 4) is 0 Å². The van der Waals surface area contributed by atoms with Crippen molar-refractivity contribution in [3.05, 3.63) is 29.3 Å². The zero-order chi connectivity index (χ0) is 10.4. The second-order valence-corrected chi connectivity index (χ2v) is 4.57. The lowest BCUT2D eigenvalue weighted by Crippen LogP contribution is -2.26. The van der Waals surface area contributed by atoms with E-state index in [0.717, 1.165) is 6.54 Å². The second kappa shape index (κ2) is 3.09. The Morgan fingerprint density at radius 2 is 2.33 bits per heavy atom. The van der Waals surface area contributed by atoms with Crippen LogP contribution in [0.15, 0.2) is 18.2 Å². The molecule has 0 bridgehead atoms. The highest BCUT2D eigenvalue weighted by Crippen LogP contribution is 2.44. The molecule has 0 radical (unpaired) electrons. The molecule has 0 fully saturated rings. The Labute approximate surface area is 89.9 Å². The molecule has 1 aliphatic carbocycles. The first-order chi connectivity index (χ1) is 7.27. The minimum Gasteiger partial charge on any atom is -0.312 e. The van der Waals surface area contributed by atoms with E-state index >= 15 is 0 Å². The van der Waals surface area contributed by atoms with Crippen molar-refractivity contribution in [2.45, 2.75) is 32.1 Å². The lowest BCUT2D eigenvalue weighted by Gasteiger charge is -2.19. The first-order valence-electron chi connectivity index (χ1n) is 5.67. The Hall–Kier alpha value is -1.31. The standard InChI is InChI=1S/C13H15NO/c1-9(15)14-8-11-6-2-4-10-5-3-7-12(14)13(10)11/h3,5,7,11H,2,4,6,8H2,1H3. The summed E-state index contributed by atoms with van der Waals surface area (Å²) < 4.78 is 0. The van der Waals surface area contributed by atoms with Crippen molar-refractivity contribution in [1.82, 2.24) is 0 Å². The Morgan fingerprint density at radius 3 is 3.13 bits per heavy atom. The highest BCUT2D eigenvalue weighted by Gasteiger charge is 2.34. The molecule has 15 heavy (non-hydrogen) atoms. The van der Waals surface area contributed by atoms with E-state index in [4.69, 9.17) is 0 Å². The van der Waals surface area contributed by atoms with Gasteiger partial charge in [-0.15, -0.1) is 0 Å². The highest BCUT2D eigenvalue weighted by atomic mass is 16.2. The summed E-state index contributed by atoms with van der Waals surface area (Å²) in [6, 6.07) is 6.39. The van der Waals surface area contributed by atoms with Gasteiger partial charge >= 0.3 is 0 Å². The van der Waals surface area contributed by atoms with Crippen molar-refractivity contribution in [3.63, 3.8) is 0 Å². The summed E-state index contributed by atoms with van der Waals surface area (Å²) in [7, 11) is 0. The normalized spacial score (nSPS) is 22.7. The lowest BCUT2D eigenvalue weighted by molar-refractivity contribution is -0.116. The topological polar surface area (TPSA) is 20.3 Å². The van der Waals surface area contributed by atoms with Gasteiger partial charge in [-0.25, -0.2) is 0 Å². The van der Waals surface area contributed by atoms with Crippen LogP contribution < -0.4 is 4.90 Å². The molecule has 2 aliphatic rings. The predicted octanol–water partition coefficient (Wildman–Crippen LogP) is 2.47. The molecule has 1 aromatic rings. The van der Waals surface area contributed by atoms with E-state index in [-0.39, 0.29) is 5.91 Å². The molecule has 2 nitrogen and oxygen atoms in total. The minimum atomic E-state index is 0.179. The monoisotopic (exact) mass is 201 g/mol. The fourth-order valence-corrected chi connectivity index (χ4v) is 3.01. The molecule has 1 amide bonds. The molecular weight excluding hydrogens is 186 g/mol. The fourth-order valence-electron chi connectivity index (χ4n) is 3.01. The smallest absolute Gasteiger partial charge is 0.223 e. The fraction of sp³-hybridized carbons (Fsp3) is 0.462. The van der Waals surface area contributed by atoms with Gasteiger partial charge < -0.3 is 4.90 Å². The zero-order valence-electron chi connectivity index (χ0n) is 8.99. The molecule has 0 spiro atoms. The van der Waals surface area contributed by atoms with Gasteiger partial charge in [0.15, 0.2) is 0 Å². The van der Waals surface area contributed by atoms with E-state index in [0.29, 0.717) is 5.92 Å². The van der Waals surface area contributed by atoms with Crippen molar-refractivity contribution in [2.24, 2.45) is 0 Å². The predicted molar refractivity (Wildman–Crippen MR) is 60.1 cm³/mol. The van der Waals surface area contributed by atoms with Crippen LogP contribution >= 0.6 is 0 Å².